The number of hydrogen-bond donors (Lipinski definition) is 5. The molecule has 0 aliphatic heterocycles. The number of amides is 4. The Kier molecular flexibility index (Phi) is 6.74. The van der Waals surface area contributed by atoms with Crippen LogP contribution in [0.5, 0.6) is 0 Å². The zero-order chi connectivity index (χ0) is 27.2. The van der Waals surface area contributed by atoms with Crippen LogP contribution in [0.2, 0.25) is 0 Å². The van der Waals surface area contributed by atoms with E-state index in [4.69, 9.17) is 16.2 Å². The first-order chi connectivity index (χ1) is 17.3. The number of Topliss-reactive ketones (excluding diaryl/α,β-unsaturated/α-hetero) is 1. The number of carbonyl (C=O) groups is 4. The van der Waals surface area contributed by atoms with Gasteiger partial charge in [-0.1, -0.05) is 25.5 Å². The summed E-state index contributed by atoms with van der Waals surface area (Å²) in [5.74, 6) is -0.810. The highest BCUT2D eigenvalue weighted by Gasteiger charge is 2.67. The van der Waals surface area contributed by atoms with Gasteiger partial charge in [-0.2, -0.15) is 10.2 Å². The van der Waals surface area contributed by atoms with E-state index in [1.165, 1.54) is 6.92 Å². The van der Waals surface area contributed by atoms with Crippen LogP contribution in [0.3, 0.4) is 0 Å². The Morgan fingerprint density at radius 3 is 2.54 bits per heavy atom. The second kappa shape index (κ2) is 9.40. The number of nitrogens with zero attached hydrogens (tertiary/aromatic N) is 2. The quantitative estimate of drug-likeness (QED) is 0.208. The average Bonchev–Trinajstić information content (AvgIpc) is 3.07. The monoisotopic (exact) mass is 514 g/mol. The van der Waals surface area contributed by atoms with Gasteiger partial charge in [0.2, 0.25) is 0 Å². The van der Waals surface area contributed by atoms with E-state index in [1.54, 1.807) is 6.08 Å². The Morgan fingerprint density at radius 2 is 1.89 bits per heavy atom. The standard InChI is InChI=1S/C25H34N6O6/c1-13(32)37-12-19(29-31-22(27)35)25(36)9-7-17-16-5-4-14-10-15(28-30-21(26)34)6-8-23(14,2)20(16)18(33)11-24(17,25)3/h6,8,10,16-17,20,36H,4-5,7,9,11-12H2,1-3H3,(H3,26,30,34)(H3,27,31,35)/b28-15+,29-19-/t16-,17-,20+,23-,24-,25-/m0/s1. The van der Waals surface area contributed by atoms with E-state index in [2.05, 4.69) is 28.0 Å². The van der Waals surface area contributed by atoms with Crippen LogP contribution in [-0.2, 0) is 14.3 Å². The molecule has 12 nitrogen and oxygen atoms in total. The summed E-state index contributed by atoms with van der Waals surface area (Å²) >= 11 is 0. The van der Waals surface area contributed by atoms with Crippen molar-refractivity contribution in [3.63, 3.8) is 0 Å². The van der Waals surface area contributed by atoms with Gasteiger partial charge in [0.05, 0.1) is 5.71 Å². The Balaban J connectivity index is 1.66. The third-order valence-electron chi connectivity index (χ3n) is 8.91. The molecule has 7 N–H and O–H groups in total. The van der Waals surface area contributed by atoms with E-state index in [0.29, 0.717) is 18.6 Å². The van der Waals surface area contributed by atoms with Gasteiger partial charge < -0.3 is 21.3 Å². The predicted octanol–water partition coefficient (Wildman–Crippen LogP) is 1.25. The average molecular weight is 515 g/mol. The number of rotatable bonds is 5. The highest BCUT2D eigenvalue weighted by Crippen LogP contribution is 2.66. The molecule has 0 bridgehead atoms. The number of hydrazone groups is 2. The SMILES string of the molecule is CC(=O)OC/C(=N/NC(N)=O)[C@@]1(O)CC[C@H]2[C@@H]3CCC4=C/C(=N/NC(N)=O)C=C[C@]4(C)[C@H]3C(=O)C[C@@]21C. The summed E-state index contributed by atoms with van der Waals surface area (Å²) in [4.78, 5) is 47.8. The van der Waals surface area contributed by atoms with Gasteiger partial charge in [0, 0.05) is 30.1 Å². The number of nitrogens with two attached hydrogens (primary N) is 2. The molecule has 0 spiro atoms. The van der Waals surface area contributed by atoms with Crippen molar-refractivity contribution in [2.24, 2.45) is 50.3 Å². The minimum Gasteiger partial charge on any atom is -0.460 e. The smallest absolute Gasteiger partial charge is 0.332 e. The molecule has 0 heterocycles. The molecule has 3 saturated carbocycles. The second-order valence-electron chi connectivity index (χ2n) is 10.9. The number of esters is 1. The highest BCUT2D eigenvalue weighted by atomic mass is 16.5. The van der Waals surface area contributed by atoms with E-state index < -0.39 is 34.5 Å². The number of urea groups is 2. The fourth-order valence-electron chi connectivity index (χ4n) is 7.24. The lowest BCUT2D eigenvalue weighted by atomic mass is 9.46. The van der Waals surface area contributed by atoms with Crippen LogP contribution in [0.25, 0.3) is 0 Å². The Hall–Kier alpha value is -3.54. The Morgan fingerprint density at radius 1 is 1.19 bits per heavy atom. The maximum atomic E-state index is 13.9. The number of carbonyl (C=O) groups excluding carboxylic acids is 4. The molecule has 0 unspecified atom stereocenters. The Bertz CT molecular complexity index is 1160. The van der Waals surface area contributed by atoms with Crippen molar-refractivity contribution in [2.75, 3.05) is 6.61 Å². The fourth-order valence-corrected chi connectivity index (χ4v) is 7.24. The second-order valence-corrected chi connectivity index (χ2v) is 10.9. The molecule has 4 amide bonds. The molecule has 0 radical (unpaired) electrons. The molecule has 0 aromatic heterocycles. The van der Waals surface area contributed by atoms with Crippen LogP contribution in [0, 0.1) is 28.6 Å². The largest absolute Gasteiger partial charge is 0.460 e. The summed E-state index contributed by atoms with van der Waals surface area (Å²) in [6.45, 7) is 4.85. The van der Waals surface area contributed by atoms with Gasteiger partial charge in [-0.3, -0.25) is 9.59 Å². The molecule has 0 aromatic rings. The zero-order valence-electron chi connectivity index (χ0n) is 21.2. The van der Waals surface area contributed by atoms with Crippen molar-refractivity contribution >= 4 is 35.2 Å². The first-order valence-electron chi connectivity index (χ1n) is 12.4. The fraction of sp³-hybridized carbons (Fsp3) is 0.600. The maximum Gasteiger partial charge on any atom is 0.332 e. The first kappa shape index (κ1) is 26.5. The molecule has 4 rings (SSSR count). The number of ketones is 1. The van der Waals surface area contributed by atoms with Crippen molar-refractivity contribution in [3.8, 4) is 0 Å². The lowest BCUT2D eigenvalue weighted by molar-refractivity contribution is -0.150. The molecule has 4 aliphatic carbocycles. The van der Waals surface area contributed by atoms with E-state index in [-0.39, 0.29) is 42.3 Å². The number of ether oxygens (including phenoxy) is 1. The summed E-state index contributed by atoms with van der Waals surface area (Å²) in [5.41, 5.74) is 13.4. The van der Waals surface area contributed by atoms with Gasteiger partial charge in [-0.25, -0.2) is 20.4 Å². The summed E-state index contributed by atoms with van der Waals surface area (Å²) < 4.78 is 5.13. The molecule has 37 heavy (non-hydrogen) atoms. The van der Waals surface area contributed by atoms with Crippen molar-refractivity contribution in [1.82, 2.24) is 10.9 Å². The first-order valence-corrected chi connectivity index (χ1v) is 12.4. The van der Waals surface area contributed by atoms with Crippen LogP contribution in [0.4, 0.5) is 9.59 Å². The summed E-state index contributed by atoms with van der Waals surface area (Å²) in [6.07, 6.45) is 8.19. The molecule has 4 aliphatic rings. The number of aliphatic hydroxyl groups is 1. The molecule has 200 valence electrons. The van der Waals surface area contributed by atoms with Gasteiger partial charge in [-0.05, 0) is 49.7 Å². The lowest BCUT2D eigenvalue weighted by Gasteiger charge is -2.57. The topological polar surface area (TPSA) is 199 Å². The molecular weight excluding hydrogens is 480 g/mol. The van der Waals surface area contributed by atoms with Gasteiger partial charge in [0.25, 0.3) is 0 Å². The minimum atomic E-state index is -1.57. The van der Waals surface area contributed by atoms with Crippen LogP contribution >= 0.6 is 0 Å². The van der Waals surface area contributed by atoms with E-state index in [1.807, 2.05) is 19.1 Å². The molecular formula is C25H34N6O6. The van der Waals surface area contributed by atoms with E-state index in [9.17, 15) is 24.3 Å². The van der Waals surface area contributed by atoms with Gasteiger partial charge in [0.1, 0.15) is 23.7 Å². The van der Waals surface area contributed by atoms with Crippen LogP contribution in [-0.4, -0.2) is 52.6 Å². The van der Waals surface area contributed by atoms with Crippen molar-refractivity contribution in [2.45, 2.75) is 58.5 Å². The van der Waals surface area contributed by atoms with E-state index in [0.717, 1.165) is 18.4 Å². The number of primary amides is 2. The van der Waals surface area contributed by atoms with Gasteiger partial charge >= 0.3 is 18.0 Å². The third kappa shape index (κ3) is 4.43. The number of fused-ring (bicyclic) bond motifs is 5. The van der Waals surface area contributed by atoms with Crippen molar-refractivity contribution in [3.05, 3.63) is 23.8 Å². The van der Waals surface area contributed by atoms with Crippen LogP contribution in [0.15, 0.2) is 34.0 Å². The van der Waals surface area contributed by atoms with E-state index >= 15 is 0 Å². The lowest BCUT2D eigenvalue weighted by Crippen LogP contribution is -2.61. The number of hydrogen-bond acceptors (Lipinski definition) is 8. The van der Waals surface area contributed by atoms with Gasteiger partial charge in [0.15, 0.2) is 0 Å². The van der Waals surface area contributed by atoms with Crippen molar-refractivity contribution in [1.29, 1.82) is 0 Å². The summed E-state index contributed by atoms with van der Waals surface area (Å²) in [5, 5.41) is 20.0. The minimum absolute atomic E-state index is 0.00493. The van der Waals surface area contributed by atoms with Gasteiger partial charge in [-0.15, -0.1) is 0 Å². The molecule has 0 saturated heterocycles. The predicted molar refractivity (Wildman–Crippen MR) is 134 cm³/mol. The molecule has 0 aromatic carbocycles. The Labute approximate surface area is 214 Å². The third-order valence-corrected chi connectivity index (χ3v) is 8.91. The highest BCUT2D eigenvalue weighted by molar-refractivity contribution is 6.06. The number of nitrogens with one attached hydrogen (secondary N) is 2. The number of allylic oxidation sites excluding steroid dienone is 4. The normalized spacial score (nSPS) is 37.7. The van der Waals surface area contributed by atoms with Crippen molar-refractivity contribution < 1.29 is 29.0 Å². The van der Waals surface area contributed by atoms with Crippen LogP contribution < -0.4 is 22.3 Å². The molecule has 6 atom stereocenters. The maximum absolute atomic E-state index is 13.9. The molecule has 3 fully saturated rings. The molecule has 12 heteroatoms. The summed E-state index contributed by atoms with van der Waals surface area (Å²) in [7, 11) is 0. The summed E-state index contributed by atoms with van der Waals surface area (Å²) in [6, 6.07) is -1.67. The van der Waals surface area contributed by atoms with Crippen LogP contribution in [0.1, 0.15) is 52.9 Å². The zero-order valence-corrected chi connectivity index (χ0v) is 21.2.